The van der Waals surface area contributed by atoms with Gasteiger partial charge in [0.2, 0.25) is 0 Å². The summed E-state index contributed by atoms with van der Waals surface area (Å²) in [4.78, 5) is 12.2. The van der Waals surface area contributed by atoms with Crippen molar-refractivity contribution < 1.29 is 9.90 Å². The number of carbonyl (C=O) groups excluding carboxylic acids is 1. The van der Waals surface area contributed by atoms with Crippen LogP contribution in [-0.4, -0.2) is 17.6 Å². The van der Waals surface area contributed by atoms with Crippen molar-refractivity contribution in [1.82, 2.24) is 5.32 Å². The van der Waals surface area contributed by atoms with Gasteiger partial charge in [0.05, 0.1) is 10.6 Å². The van der Waals surface area contributed by atoms with Gasteiger partial charge in [0, 0.05) is 6.54 Å². The fourth-order valence-electron chi connectivity index (χ4n) is 4.06. The average Bonchev–Trinajstić information content (AvgIpc) is 2.47. The minimum atomic E-state index is -0.188. The average molecular weight is 308 g/mol. The number of rotatable bonds is 3. The van der Waals surface area contributed by atoms with Crippen LogP contribution in [0.15, 0.2) is 18.2 Å². The molecular weight excluding hydrogens is 286 g/mol. The predicted octanol–water partition coefficient (Wildman–Crippen LogP) is 3.99. The van der Waals surface area contributed by atoms with Gasteiger partial charge in [0.25, 0.3) is 5.91 Å². The van der Waals surface area contributed by atoms with Crippen LogP contribution < -0.4 is 5.32 Å². The Morgan fingerprint density at radius 2 is 1.95 bits per heavy atom. The third-order valence-corrected chi connectivity index (χ3v) is 5.30. The second-order valence-electron chi connectivity index (χ2n) is 6.61. The van der Waals surface area contributed by atoms with E-state index >= 15 is 0 Å². The Labute approximate surface area is 130 Å². The van der Waals surface area contributed by atoms with E-state index in [9.17, 15) is 9.90 Å². The normalized spacial score (nSPS) is 28.1. The molecule has 0 aliphatic heterocycles. The lowest BCUT2D eigenvalue weighted by Gasteiger charge is -2.39. The van der Waals surface area contributed by atoms with E-state index < -0.39 is 0 Å². The number of nitrogens with one attached hydrogen (secondary N) is 1. The molecule has 2 N–H and O–H groups in total. The predicted molar refractivity (Wildman–Crippen MR) is 83.6 cm³/mol. The third-order valence-electron chi connectivity index (χ3n) is 4.97. The van der Waals surface area contributed by atoms with Gasteiger partial charge in [-0.25, -0.2) is 0 Å². The molecule has 0 saturated heterocycles. The van der Waals surface area contributed by atoms with Gasteiger partial charge in [0.15, 0.2) is 0 Å². The highest BCUT2D eigenvalue weighted by atomic mass is 35.5. The van der Waals surface area contributed by atoms with Gasteiger partial charge in [-0.2, -0.15) is 0 Å². The van der Waals surface area contributed by atoms with Crippen LogP contribution in [0, 0.1) is 17.8 Å². The van der Waals surface area contributed by atoms with E-state index in [2.05, 4.69) is 5.32 Å². The molecule has 21 heavy (non-hydrogen) atoms. The van der Waals surface area contributed by atoms with Gasteiger partial charge in [0.1, 0.15) is 5.75 Å². The highest BCUT2D eigenvalue weighted by molar-refractivity contribution is 6.33. The molecule has 3 rings (SSSR count). The molecule has 2 unspecified atom stereocenters. The lowest BCUT2D eigenvalue weighted by molar-refractivity contribution is 0.0915. The van der Waals surface area contributed by atoms with Gasteiger partial charge in [-0.1, -0.05) is 30.9 Å². The van der Waals surface area contributed by atoms with Crippen LogP contribution in [0.1, 0.15) is 48.9 Å². The molecule has 2 aliphatic carbocycles. The quantitative estimate of drug-likeness (QED) is 0.887. The van der Waals surface area contributed by atoms with Crippen molar-refractivity contribution in [3.8, 4) is 5.75 Å². The van der Waals surface area contributed by atoms with Crippen molar-refractivity contribution in [3.63, 3.8) is 0 Å². The third kappa shape index (κ3) is 3.52. The molecule has 0 radical (unpaired) electrons. The van der Waals surface area contributed by atoms with Crippen LogP contribution in [-0.2, 0) is 0 Å². The SMILES string of the molecule is O=C(NCC1CC2CCCC(C2)C1)c1cc(O)ccc1Cl. The van der Waals surface area contributed by atoms with E-state index in [0.29, 0.717) is 16.5 Å². The number of halogens is 1. The molecular formula is C17H22ClNO2. The number of fused-ring (bicyclic) bond motifs is 2. The Bertz CT molecular complexity index is 520. The standard InChI is InChI=1S/C17H22ClNO2/c18-16-5-4-14(20)9-15(16)17(21)19-10-13-7-11-2-1-3-12(6-11)8-13/h4-5,9,11-13,20H,1-3,6-8,10H2,(H,19,21). The molecule has 4 heteroatoms. The summed E-state index contributed by atoms with van der Waals surface area (Å²) in [5, 5.41) is 12.8. The number of amides is 1. The molecule has 1 aromatic rings. The molecule has 2 aliphatic rings. The highest BCUT2D eigenvalue weighted by Gasteiger charge is 2.31. The van der Waals surface area contributed by atoms with Crippen LogP contribution >= 0.6 is 11.6 Å². The molecule has 3 nitrogen and oxygen atoms in total. The zero-order chi connectivity index (χ0) is 14.8. The maximum atomic E-state index is 12.2. The van der Waals surface area contributed by atoms with Crippen LogP contribution in [0.5, 0.6) is 5.75 Å². The summed E-state index contributed by atoms with van der Waals surface area (Å²) in [6.45, 7) is 0.720. The summed E-state index contributed by atoms with van der Waals surface area (Å²) in [6.07, 6.45) is 7.98. The fraction of sp³-hybridized carbons (Fsp3) is 0.588. The first-order valence-electron chi connectivity index (χ1n) is 7.88. The molecule has 1 aromatic carbocycles. The molecule has 0 aromatic heterocycles. The van der Waals surface area contributed by atoms with E-state index in [0.717, 1.165) is 18.4 Å². The smallest absolute Gasteiger partial charge is 0.252 e. The Morgan fingerprint density at radius 3 is 2.67 bits per heavy atom. The van der Waals surface area contributed by atoms with E-state index in [-0.39, 0.29) is 11.7 Å². The number of aromatic hydroxyl groups is 1. The number of carbonyl (C=O) groups is 1. The van der Waals surface area contributed by atoms with E-state index in [1.165, 1.54) is 50.7 Å². The summed E-state index contributed by atoms with van der Waals surface area (Å²) < 4.78 is 0. The summed E-state index contributed by atoms with van der Waals surface area (Å²) in [6, 6.07) is 4.46. The Kier molecular flexibility index (Phi) is 4.39. The molecule has 2 fully saturated rings. The van der Waals surface area contributed by atoms with Crippen molar-refractivity contribution >= 4 is 17.5 Å². The summed E-state index contributed by atoms with van der Waals surface area (Å²) in [7, 11) is 0. The zero-order valence-corrected chi connectivity index (χ0v) is 12.9. The van der Waals surface area contributed by atoms with Crippen molar-refractivity contribution in [2.75, 3.05) is 6.54 Å². The van der Waals surface area contributed by atoms with Crippen molar-refractivity contribution in [2.24, 2.45) is 17.8 Å². The highest BCUT2D eigenvalue weighted by Crippen LogP contribution is 2.42. The maximum Gasteiger partial charge on any atom is 0.252 e. The molecule has 2 saturated carbocycles. The van der Waals surface area contributed by atoms with Crippen molar-refractivity contribution in [1.29, 1.82) is 0 Å². The second kappa shape index (κ2) is 6.27. The number of phenolic OH excluding ortho intramolecular Hbond substituents is 1. The van der Waals surface area contributed by atoms with Crippen LogP contribution in [0.25, 0.3) is 0 Å². The number of phenols is 1. The van der Waals surface area contributed by atoms with Gasteiger partial charge >= 0.3 is 0 Å². The Hall–Kier alpha value is -1.22. The van der Waals surface area contributed by atoms with E-state index in [1.807, 2.05) is 0 Å². The minimum absolute atomic E-state index is 0.0664. The van der Waals surface area contributed by atoms with Crippen molar-refractivity contribution in [2.45, 2.75) is 38.5 Å². The van der Waals surface area contributed by atoms with E-state index in [1.54, 1.807) is 6.07 Å². The first kappa shape index (κ1) is 14.7. The summed E-state index contributed by atoms with van der Waals surface area (Å²) >= 11 is 6.02. The van der Waals surface area contributed by atoms with Crippen LogP contribution in [0.3, 0.4) is 0 Å². The van der Waals surface area contributed by atoms with Crippen molar-refractivity contribution in [3.05, 3.63) is 28.8 Å². The molecule has 2 atom stereocenters. The first-order chi connectivity index (χ1) is 10.1. The summed E-state index contributed by atoms with van der Waals surface area (Å²) in [5.41, 5.74) is 0.354. The summed E-state index contributed by atoms with van der Waals surface area (Å²) in [5.74, 6) is 2.20. The fourth-order valence-corrected chi connectivity index (χ4v) is 4.26. The monoisotopic (exact) mass is 307 g/mol. The minimum Gasteiger partial charge on any atom is -0.508 e. The van der Waals surface area contributed by atoms with Crippen LogP contribution in [0.2, 0.25) is 5.02 Å². The molecule has 0 spiro atoms. The van der Waals surface area contributed by atoms with Gasteiger partial charge < -0.3 is 10.4 Å². The topological polar surface area (TPSA) is 49.3 Å². The molecule has 114 valence electrons. The zero-order valence-electron chi connectivity index (χ0n) is 12.1. The van der Waals surface area contributed by atoms with Gasteiger partial charge in [-0.15, -0.1) is 0 Å². The maximum absolute atomic E-state index is 12.2. The van der Waals surface area contributed by atoms with Crippen LogP contribution in [0.4, 0.5) is 0 Å². The van der Waals surface area contributed by atoms with Gasteiger partial charge in [-0.3, -0.25) is 4.79 Å². The van der Waals surface area contributed by atoms with E-state index in [4.69, 9.17) is 11.6 Å². The first-order valence-corrected chi connectivity index (χ1v) is 8.26. The lowest BCUT2D eigenvalue weighted by Crippen LogP contribution is -2.35. The second-order valence-corrected chi connectivity index (χ2v) is 7.02. The van der Waals surface area contributed by atoms with Gasteiger partial charge in [-0.05, 0) is 55.2 Å². The number of hydrogen-bond donors (Lipinski definition) is 2. The number of benzene rings is 1. The molecule has 0 heterocycles. The Morgan fingerprint density at radius 1 is 1.24 bits per heavy atom. The molecule has 2 bridgehead atoms. The number of hydrogen-bond acceptors (Lipinski definition) is 2. The lowest BCUT2D eigenvalue weighted by atomic mass is 9.68. The molecule has 1 amide bonds. The Balaban J connectivity index is 1.57. The largest absolute Gasteiger partial charge is 0.508 e.